The van der Waals surface area contributed by atoms with Crippen LogP contribution in [-0.4, -0.2) is 45.3 Å². The minimum absolute atomic E-state index is 0.0403. The lowest BCUT2D eigenvalue weighted by Gasteiger charge is -2.65. The average molecular weight is 479 g/mol. The quantitative estimate of drug-likeness (QED) is 0.417. The van der Waals surface area contributed by atoms with Gasteiger partial charge < -0.3 is 19.7 Å². The largest absolute Gasteiger partial charge is 0.393 e. The maximum absolute atomic E-state index is 12.7. The van der Waals surface area contributed by atoms with Crippen LogP contribution in [0.25, 0.3) is 0 Å². The van der Waals surface area contributed by atoms with Gasteiger partial charge in [-0.15, -0.1) is 11.6 Å². The van der Waals surface area contributed by atoms with Crippen molar-refractivity contribution in [3.63, 3.8) is 0 Å². The highest BCUT2D eigenvalue weighted by Crippen LogP contribution is 2.77. The number of aliphatic hydroxyl groups excluding tert-OH is 1. The Morgan fingerprint density at radius 2 is 1.88 bits per heavy atom. The molecule has 186 valence electrons. The lowest BCUT2D eigenvalue weighted by Crippen LogP contribution is -2.69. The molecule has 6 aliphatic rings. The minimum atomic E-state index is -0.919. The fourth-order valence-electron chi connectivity index (χ4n) is 10.0. The van der Waals surface area contributed by atoms with Crippen LogP contribution in [0.3, 0.4) is 0 Å². The molecule has 12 unspecified atom stereocenters. The van der Waals surface area contributed by atoms with Gasteiger partial charge in [-0.25, -0.2) is 0 Å². The molecular formula is C28H43ClO4. The third-order valence-corrected chi connectivity index (χ3v) is 12.4. The molecule has 2 N–H and O–H groups in total. The van der Waals surface area contributed by atoms with Crippen LogP contribution < -0.4 is 0 Å². The predicted molar refractivity (Wildman–Crippen MR) is 129 cm³/mol. The Morgan fingerprint density at radius 3 is 2.61 bits per heavy atom. The molecule has 0 aromatic rings. The van der Waals surface area contributed by atoms with E-state index >= 15 is 0 Å². The first-order chi connectivity index (χ1) is 15.5. The molecule has 33 heavy (non-hydrogen) atoms. The standard InChI is InChI=1S/C28H43ClO4/c1-15(2)16(3)6-10-26(5)21-14-19-23-27(21,24(32-19)33-26)11-8-20-25(4)9-7-18(30)12-17(25)13-22(29)28(20,23)31/h15,17-24,30-31H,3,6-14H2,1-2,4-5H3. The molecule has 2 bridgehead atoms. The molecule has 6 fully saturated rings. The van der Waals surface area contributed by atoms with Crippen molar-refractivity contribution in [1.29, 1.82) is 0 Å². The van der Waals surface area contributed by atoms with E-state index < -0.39 is 5.60 Å². The summed E-state index contributed by atoms with van der Waals surface area (Å²) in [5.74, 6) is 1.52. The molecule has 2 saturated heterocycles. The van der Waals surface area contributed by atoms with Gasteiger partial charge in [-0.05, 0) is 87.9 Å². The number of rotatable bonds is 4. The highest BCUT2D eigenvalue weighted by atomic mass is 35.5. The molecule has 4 saturated carbocycles. The molecular weight excluding hydrogens is 436 g/mol. The molecule has 6 rings (SSSR count). The monoisotopic (exact) mass is 478 g/mol. The van der Waals surface area contributed by atoms with Crippen LogP contribution in [0.15, 0.2) is 12.2 Å². The number of ether oxygens (including phenoxy) is 2. The van der Waals surface area contributed by atoms with Crippen molar-refractivity contribution in [2.75, 3.05) is 0 Å². The Kier molecular flexibility index (Phi) is 5.09. The molecule has 4 nitrogen and oxygen atoms in total. The third-order valence-electron chi connectivity index (χ3n) is 11.9. The summed E-state index contributed by atoms with van der Waals surface area (Å²) in [6.45, 7) is 13.4. The van der Waals surface area contributed by atoms with Gasteiger partial charge in [0, 0.05) is 17.3 Å². The van der Waals surface area contributed by atoms with Crippen LogP contribution in [0.1, 0.15) is 85.5 Å². The van der Waals surface area contributed by atoms with E-state index in [4.69, 9.17) is 21.1 Å². The van der Waals surface area contributed by atoms with Gasteiger partial charge in [-0.3, -0.25) is 0 Å². The highest BCUT2D eigenvalue weighted by molar-refractivity contribution is 6.21. The molecule has 1 spiro atoms. The van der Waals surface area contributed by atoms with Crippen molar-refractivity contribution in [2.45, 2.75) is 121 Å². The molecule has 12 atom stereocenters. The maximum atomic E-state index is 12.7. The first-order valence-electron chi connectivity index (χ1n) is 13.5. The van der Waals surface area contributed by atoms with Gasteiger partial charge in [0.05, 0.1) is 28.8 Å². The van der Waals surface area contributed by atoms with Crippen molar-refractivity contribution in [3.05, 3.63) is 12.2 Å². The van der Waals surface area contributed by atoms with Crippen molar-refractivity contribution in [2.24, 2.45) is 40.4 Å². The zero-order chi connectivity index (χ0) is 23.6. The maximum Gasteiger partial charge on any atom is 0.165 e. The van der Waals surface area contributed by atoms with Gasteiger partial charge >= 0.3 is 0 Å². The zero-order valence-electron chi connectivity index (χ0n) is 20.9. The molecule has 2 heterocycles. The van der Waals surface area contributed by atoms with E-state index in [1.54, 1.807) is 0 Å². The summed E-state index contributed by atoms with van der Waals surface area (Å²) in [6, 6.07) is 0. The van der Waals surface area contributed by atoms with E-state index in [2.05, 4.69) is 34.3 Å². The number of halogens is 1. The van der Waals surface area contributed by atoms with Gasteiger partial charge in [0.1, 0.15) is 0 Å². The Bertz CT molecular complexity index is 846. The average Bonchev–Trinajstić information content (AvgIpc) is 3.28. The van der Waals surface area contributed by atoms with Crippen LogP contribution in [0.2, 0.25) is 0 Å². The van der Waals surface area contributed by atoms with Crippen LogP contribution in [0, 0.1) is 40.4 Å². The van der Waals surface area contributed by atoms with Crippen LogP contribution >= 0.6 is 11.6 Å². The second-order valence-electron chi connectivity index (χ2n) is 13.4. The van der Waals surface area contributed by atoms with E-state index in [0.29, 0.717) is 17.8 Å². The number of allylic oxidation sites excluding steroid dienone is 1. The van der Waals surface area contributed by atoms with E-state index in [0.717, 1.165) is 57.8 Å². The number of hydrogen-bond donors (Lipinski definition) is 2. The van der Waals surface area contributed by atoms with Gasteiger partial charge in [-0.1, -0.05) is 32.9 Å². The SMILES string of the molecule is C=C(CCC1(C)OC2OC3CC1C21CCC2C4(C)CCC(O)CC4CC(Cl)C2(O)C31)C(C)C. The number of aliphatic hydroxyl groups is 2. The van der Waals surface area contributed by atoms with E-state index in [-0.39, 0.29) is 52.1 Å². The first kappa shape index (κ1) is 23.3. The molecule has 0 aromatic heterocycles. The van der Waals surface area contributed by atoms with E-state index in [1.807, 2.05) is 0 Å². The number of hydrogen-bond acceptors (Lipinski definition) is 4. The Hall–Kier alpha value is -0.130. The smallest absolute Gasteiger partial charge is 0.165 e. The molecule has 4 aliphatic carbocycles. The molecule has 2 aliphatic heterocycles. The highest BCUT2D eigenvalue weighted by Gasteiger charge is 2.82. The van der Waals surface area contributed by atoms with Gasteiger partial charge in [0.2, 0.25) is 0 Å². The lowest BCUT2D eigenvalue weighted by molar-refractivity contribution is -0.222. The van der Waals surface area contributed by atoms with E-state index in [9.17, 15) is 10.2 Å². The lowest BCUT2D eigenvalue weighted by atomic mass is 9.42. The third kappa shape index (κ3) is 2.79. The Morgan fingerprint density at radius 1 is 1.12 bits per heavy atom. The van der Waals surface area contributed by atoms with Crippen LogP contribution in [0.4, 0.5) is 0 Å². The molecule has 0 radical (unpaired) electrons. The van der Waals surface area contributed by atoms with Crippen LogP contribution in [-0.2, 0) is 9.47 Å². The van der Waals surface area contributed by atoms with Crippen molar-refractivity contribution in [3.8, 4) is 0 Å². The van der Waals surface area contributed by atoms with Gasteiger partial charge in [0.25, 0.3) is 0 Å². The van der Waals surface area contributed by atoms with Crippen molar-refractivity contribution < 1.29 is 19.7 Å². The Balaban J connectivity index is 1.34. The molecule has 5 heteroatoms. The summed E-state index contributed by atoms with van der Waals surface area (Å²) in [5, 5.41) is 22.7. The van der Waals surface area contributed by atoms with E-state index in [1.165, 1.54) is 5.57 Å². The summed E-state index contributed by atoms with van der Waals surface area (Å²) in [4.78, 5) is 0. The summed E-state index contributed by atoms with van der Waals surface area (Å²) in [5.41, 5.74) is 0.0674. The number of alkyl halides is 1. The second kappa shape index (κ2) is 7.22. The first-order valence-corrected chi connectivity index (χ1v) is 14.0. The fraction of sp³-hybridized carbons (Fsp3) is 0.929. The molecule has 0 aromatic carbocycles. The fourth-order valence-corrected chi connectivity index (χ4v) is 10.5. The Labute approximate surface area is 204 Å². The topological polar surface area (TPSA) is 58.9 Å². The van der Waals surface area contributed by atoms with Gasteiger partial charge in [-0.2, -0.15) is 0 Å². The van der Waals surface area contributed by atoms with Crippen LogP contribution in [0.5, 0.6) is 0 Å². The summed E-state index contributed by atoms with van der Waals surface area (Å²) in [6.07, 6.45) is 8.04. The second-order valence-corrected chi connectivity index (χ2v) is 14.0. The number of fused-ring (bicyclic) bond motifs is 3. The summed E-state index contributed by atoms with van der Waals surface area (Å²) in [7, 11) is 0. The normalized spacial score (nSPS) is 58.8. The van der Waals surface area contributed by atoms with Gasteiger partial charge in [0.15, 0.2) is 6.29 Å². The van der Waals surface area contributed by atoms with Crippen molar-refractivity contribution in [1.82, 2.24) is 0 Å². The van der Waals surface area contributed by atoms with Crippen molar-refractivity contribution >= 4 is 11.6 Å². The predicted octanol–water partition coefficient (Wildman–Crippen LogP) is 5.43. The summed E-state index contributed by atoms with van der Waals surface area (Å²) >= 11 is 7.17. The summed E-state index contributed by atoms with van der Waals surface area (Å²) < 4.78 is 13.4. The zero-order valence-corrected chi connectivity index (χ0v) is 21.6. The minimum Gasteiger partial charge on any atom is -0.393 e. The molecule has 0 amide bonds.